The van der Waals surface area contributed by atoms with Crippen molar-refractivity contribution in [3.8, 4) is 0 Å². The number of carboxylic acid groups (broad SMARTS) is 1. The Hall–Kier alpha value is -1.90. The normalized spacial score (nSPS) is 24.2. The zero-order valence-electron chi connectivity index (χ0n) is 11.0. The molecule has 0 saturated carbocycles. The number of likely N-dealkylation sites (tertiary alicyclic amines) is 1. The molecule has 21 heavy (non-hydrogen) atoms. The molecule has 3 heterocycles. The van der Waals surface area contributed by atoms with Crippen molar-refractivity contribution in [2.75, 3.05) is 31.1 Å². The molecule has 1 N–H and O–H groups in total. The molecule has 2 fully saturated rings. The first-order chi connectivity index (χ1) is 9.95. The van der Waals surface area contributed by atoms with Gasteiger partial charge in [0, 0.05) is 54.8 Å². The van der Waals surface area contributed by atoms with Crippen LogP contribution in [0.2, 0.25) is 0 Å². The lowest BCUT2D eigenvalue weighted by Gasteiger charge is -2.20. The maximum absolute atomic E-state index is 11.2. The lowest BCUT2D eigenvalue weighted by Crippen LogP contribution is -2.32. The fourth-order valence-corrected chi connectivity index (χ4v) is 3.44. The molecule has 2 unspecified atom stereocenters. The van der Waals surface area contributed by atoms with Crippen LogP contribution in [0.4, 0.5) is 16.3 Å². The molecule has 0 radical (unpaired) electrons. The van der Waals surface area contributed by atoms with Crippen molar-refractivity contribution in [1.82, 2.24) is 9.88 Å². The van der Waals surface area contributed by atoms with Crippen LogP contribution in [-0.2, 0) is 0 Å². The summed E-state index contributed by atoms with van der Waals surface area (Å²) >= 11 is 3.19. The minimum atomic E-state index is -0.899. The lowest BCUT2D eigenvalue weighted by atomic mass is 10.0. The molecule has 0 bridgehead atoms. The fraction of sp³-hybridized carbons (Fsp3) is 0.500. The Kier molecular flexibility index (Phi) is 3.44. The summed E-state index contributed by atoms with van der Waals surface area (Å²) < 4.78 is 0.564. The third-order valence-corrected chi connectivity index (χ3v) is 4.50. The van der Waals surface area contributed by atoms with Crippen LogP contribution in [0.15, 0.2) is 16.7 Å². The molecule has 0 spiro atoms. The van der Waals surface area contributed by atoms with Gasteiger partial charge in [-0.2, -0.15) is 0 Å². The van der Waals surface area contributed by atoms with E-state index in [1.165, 1.54) is 11.0 Å². The van der Waals surface area contributed by atoms with E-state index in [9.17, 15) is 14.9 Å². The van der Waals surface area contributed by atoms with Crippen molar-refractivity contribution in [1.29, 1.82) is 0 Å². The zero-order valence-corrected chi connectivity index (χ0v) is 12.6. The minimum Gasteiger partial charge on any atom is -0.465 e. The summed E-state index contributed by atoms with van der Waals surface area (Å²) in [4.78, 5) is 29.2. The number of pyridine rings is 1. The largest absolute Gasteiger partial charge is 0.465 e. The highest BCUT2D eigenvalue weighted by molar-refractivity contribution is 9.10. The van der Waals surface area contributed by atoms with Gasteiger partial charge in [-0.05, 0) is 15.9 Å². The molecular formula is C12H13BrN4O4. The highest BCUT2D eigenvalue weighted by Gasteiger charge is 2.43. The van der Waals surface area contributed by atoms with Crippen molar-refractivity contribution in [3.63, 3.8) is 0 Å². The van der Waals surface area contributed by atoms with Crippen LogP contribution in [0.25, 0.3) is 0 Å². The number of fused-ring (bicyclic) bond motifs is 1. The number of hydrogen-bond acceptors (Lipinski definition) is 5. The third kappa shape index (κ3) is 2.53. The Bertz CT molecular complexity index is 597. The van der Waals surface area contributed by atoms with Crippen molar-refractivity contribution in [2.45, 2.75) is 0 Å². The average Bonchev–Trinajstić information content (AvgIpc) is 2.96. The number of carbonyl (C=O) groups is 1. The highest BCUT2D eigenvalue weighted by atomic mass is 79.9. The molecule has 1 aromatic heterocycles. The van der Waals surface area contributed by atoms with Gasteiger partial charge in [0.05, 0.1) is 4.92 Å². The van der Waals surface area contributed by atoms with E-state index in [2.05, 4.69) is 20.9 Å². The Morgan fingerprint density at radius 1 is 1.38 bits per heavy atom. The van der Waals surface area contributed by atoms with Gasteiger partial charge >= 0.3 is 11.8 Å². The van der Waals surface area contributed by atoms with E-state index in [1.807, 2.05) is 4.90 Å². The standard InChI is InChI=1S/C12H13BrN4O4/c13-9-1-10(17(20)21)11(14-2-9)15-3-7-5-16(12(18)19)6-8(7)4-15/h1-2,7-8H,3-6H2,(H,18,19). The summed E-state index contributed by atoms with van der Waals surface area (Å²) in [5.41, 5.74) is -0.0283. The number of halogens is 1. The van der Waals surface area contributed by atoms with E-state index < -0.39 is 11.0 Å². The lowest BCUT2D eigenvalue weighted by molar-refractivity contribution is -0.384. The van der Waals surface area contributed by atoms with Crippen LogP contribution in [-0.4, -0.2) is 52.2 Å². The van der Waals surface area contributed by atoms with E-state index in [0.29, 0.717) is 36.5 Å². The molecule has 9 heteroatoms. The fourth-order valence-electron chi connectivity index (χ4n) is 3.12. The number of anilines is 1. The first kappa shape index (κ1) is 14.1. The smallest absolute Gasteiger partial charge is 0.407 e. The van der Waals surface area contributed by atoms with Crippen LogP contribution < -0.4 is 4.90 Å². The molecule has 8 nitrogen and oxygen atoms in total. The van der Waals surface area contributed by atoms with Crippen LogP contribution >= 0.6 is 15.9 Å². The molecule has 112 valence electrons. The molecule has 3 rings (SSSR count). The molecule has 0 aromatic carbocycles. The maximum atomic E-state index is 11.2. The van der Waals surface area contributed by atoms with Crippen LogP contribution in [0.1, 0.15) is 0 Å². The van der Waals surface area contributed by atoms with Crippen LogP contribution in [0.3, 0.4) is 0 Å². The zero-order chi connectivity index (χ0) is 15.1. The quantitative estimate of drug-likeness (QED) is 0.640. The Morgan fingerprint density at radius 3 is 2.52 bits per heavy atom. The number of nitrogens with zero attached hydrogens (tertiary/aromatic N) is 4. The summed E-state index contributed by atoms with van der Waals surface area (Å²) in [5.74, 6) is 0.789. The Balaban J connectivity index is 1.80. The Labute approximate surface area is 128 Å². The van der Waals surface area contributed by atoms with Gasteiger partial charge in [-0.3, -0.25) is 10.1 Å². The maximum Gasteiger partial charge on any atom is 0.407 e. The second kappa shape index (κ2) is 5.14. The molecule has 0 aliphatic carbocycles. The van der Waals surface area contributed by atoms with E-state index in [1.54, 1.807) is 6.20 Å². The summed E-state index contributed by atoms with van der Waals surface area (Å²) in [7, 11) is 0. The van der Waals surface area contributed by atoms with Gasteiger partial charge in [-0.15, -0.1) is 0 Å². The highest BCUT2D eigenvalue weighted by Crippen LogP contribution is 2.37. The monoisotopic (exact) mass is 356 g/mol. The van der Waals surface area contributed by atoms with Gasteiger partial charge in [0.25, 0.3) is 0 Å². The summed E-state index contributed by atoms with van der Waals surface area (Å²) in [6, 6.07) is 1.44. The van der Waals surface area contributed by atoms with E-state index >= 15 is 0 Å². The topological polar surface area (TPSA) is 99.8 Å². The predicted molar refractivity (Wildman–Crippen MR) is 77.4 cm³/mol. The van der Waals surface area contributed by atoms with Gasteiger partial charge < -0.3 is 14.9 Å². The summed E-state index contributed by atoms with van der Waals surface area (Å²) in [5, 5.41) is 20.2. The first-order valence-electron chi connectivity index (χ1n) is 6.48. The molecule has 2 atom stereocenters. The molecule has 1 amide bonds. The molecule has 1 aromatic rings. The van der Waals surface area contributed by atoms with Crippen molar-refractivity contribution < 1.29 is 14.8 Å². The summed E-state index contributed by atoms with van der Waals surface area (Å²) in [6.45, 7) is 2.18. The van der Waals surface area contributed by atoms with Crippen LogP contribution in [0.5, 0.6) is 0 Å². The van der Waals surface area contributed by atoms with Gasteiger partial charge in [0.2, 0.25) is 5.82 Å². The molecule has 2 saturated heterocycles. The SMILES string of the molecule is O=C(O)N1CC2CN(c3ncc(Br)cc3[N+](=O)[O-])CC2C1. The molecular weight excluding hydrogens is 344 g/mol. The second-order valence-electron chi connectivity index (χ2n) is 5.37. The number of nitro groups is 1. The predicted octanol–water partition coefficient (Wildman–Crippen LogP) is 1.80. The minimum absolute atomic E-state index is 0.0283. The van der Waals surface area contributed by atoms with Crippen molar-refractivity contribution in [2.24, 2.45) is 11.8 Å². The third-order valence-electron chi connectivity index (χ3n) is 4.07. The molecule has 2 aliphatic heterocycles. The Morgan fingerprint density at radius 2 is 2.00 bits per heavy atom. The number of aromatic nitrogens is 1. The van der Waals surface area contributed by atoms with Crippen molar-refractivity contribution in [3.05, 3.63) is 26.9 Å². The number of rotatable bonds is 2. The number of hydrogen-bond donors (Lipinski definition) is 1. The van der Waals surface area contributed by atoms with Gasteiger partial charge in [-0.1, -0.05) is 0 Å². The van der Waals surface area contributed by atoms with Gasteiger partial charge in [-0.25, -0.2) is 9.78 Å². The van der Waals surface area contributed by atoms with Crippen molar-refractivity contribution >= 4 is 33.5 Å². The number of amides is 1. The second-order valence-corrected chi connectivity index (χ2v) is 6.28. The van der Waals surface area contributed by atoms with Gasteiger partial charge in [0.1, 0.15) is 0 Å². The van der Waals surface area contributed by atoms with E-state index in [0.717, 1.165) is 0 Å². The van der Waals surface area contributed by atoms with E-state index in [4.69, 9.17) is 5.11 Å². The molecule has 2 aliphatic rings. The summed E-state index contributed by atoms with van der Waals surface area (Å²) in [6.07, 6.45) is 0.642. The van der Waals surface area contributed by atoms with E-state index in [-0.39, 0.29) is 17.5 Å². The van der Waals surface area contributed by atoms with Gasteiger partial charge in [0.15, 0.2) is 0 Å². The first-order valence-corrected chi connectivity index (χ1v) is 7.27. The van der Waals surface area contributed by atoms with Crippen LogP contribution in [0, 0.1) is 22.0 Å². The average molecular weight is 357 g/mol.